The molecule has 5 heteroatoms. The van der Waals surface area contributed by atoms with Crippen molar-refractivity contribution in [2.45, 2.75) is 24.8 Å². The molecule has 1 saturated carbocycles. The van der Waals surface area contributed by atoms with Crippen LogP contribution >= 0.6 is 0 Å². The molecule has 0 aliphatic heterocycles. The molecule has 0 spiro atoms. The van der Waals surface area contributed by atoms with Gasteiger partial charge in [0.15, 0.2) is 5.82 Å². The summed E-state index contributed by atoms with van der Waals surface area (Å²) in [4.78, 5) is 0. The summed E-state index contributed by atoms with van der Waals surface area (Å²) in [5.74, 6) is 0.953. The number of nitrogens with two attached hydrogens (primary N) is 1. The van der Waals surface area contributed by atoms with E-state index in [9.17, 15) is 0 Å². The predicted molar refractivity (Wildman–Crippen MR) is 63.3 cm³/mol. The molecular formula is C12H15N5. The van der Waals surface area contributed by atoms with Crippen LogP contribution in [0.2, 0.25) is 0 Å². The summed E-state index contributed by atoms with van der Waals surface area (Å²) in [7, 11) is 0. The molecule has 3 rings (SSSR count). The minimum Gasteiger partial charge on any atom is -0.329 e. The Kier molecular flexibility index (Phi) is 2.40. The number of nitrogens with zero attached hydrogens (tertiary/aromatic N) is 4. The van der Waals surface area contributed by atoms with Crippen LogP contribution in [0.4, 0.5) is 0 Å². The van der Waals surface area contributed by atoms with Crippen LogP contribution in [-0.4, -0.2) is 26.8 Å². The van der Waals surface area contributed by atoms with Gasteiger partial charge in [0.1, 0.15) is 0 Å². The molecule has 0 unspecified atom stereocenters. The van der Waals surface area contributed by atoms with Gasteiger partial charge in [-0.25, -0.2) is 4.68 Å². The van der Waals surface area contributed by atoms with Gasteiger partial charge in [0, 0.05) is 6.54 Å². The molecule has 0 saturated heterocycles. The molecule has 1 fully saturated rings. The maximum absolute atomic E-state index is 5.57. The molecule has 2 N–H and O–H groups in total. The molecule has 17 heavy (non-hydrogen) atoms. The molecule has 1 aromatic heterocycles. The first-order valence-corrected chi connectivity index (χ1v) is 5.89. The predicted octanol–water partition coefficient (Wildman–Crippen LogP) is 0.712. The van der Waals surface area contributed by atoms with Crippen molar-refractivity contribution in [1.29, 1.82) is 0 Å². The van der Waals surface area contributed by atoms with Crippen LogP contribution in [-0.2, 0) is 12.0 Å². The normalized spacial score (nSPS) is 17.0. The molecule has 0 atom stereocenters. The highest BCUT2D eigenvalue weighted by Crippen LogP contribution is 2.52. The number of hydrogen-bond donors (Lipinski definition) is 1. The van der Waals surface area contributed by atoms with Gasteiger partial charge in [-0.1, -0.05) is 30.3 Å². The van der Waals surface area contributed by atoms with Crippen LogP contribution < -0.4 is 5.73 Å². The fraction of sp³-hybridized carbons (Fsp3) is 0.417. The van der Waals surface area contributed by atoms with E-state index in [1.165, 1.54) is 5.56 Å². The molecule has 1 aliphatic rings. The van der Waals surface area contributed by atoms with Crippen molar-refractivity contribution in [3.8, 4) is 0 Å². The molecule has 0 radical (unpaired) electrons. The van der Waals surface area contributed by atoms with Crippen LogP contribution in [0.1, 0.15) is 24.2 Å². The van der Waals surface area contributed by atoms with Crippen molar-refractivity contribution < 1.29 is 0 Å². The number of benzene rings is 1. The Balaban J connectivity index is 2.01. The zero-order valence-corrected chi connectivity index (χ0v) is 9.58. The van der Waals surface area contributed by atoms with Gasteiger partial charge in [0.2, 0.25) is 0 Å². The topological polar surface area (TPSA) is 69.6 Å². The molecule has 1 aliphatic carbocycles. The highest BCUT2D eigenvalue weighted by molar-refractivity contribution is 5.38. The van der Waals surface area contributed by atoms with E-state index >= 15 is 0 Å². The fourth-order valence-electron chi connectivity index (χ4n) is 2.34. The SMILES string of the molecule is NCCn1nnnc1C1(c2ccccc2)CC1. The lowest BCUT2D eigenvalue weighted by molar-refractivity contribution is 0.550. The molecule has 1 aromatic carbocycles. The maximum Gasteiger partial charge on any atom is 0.161 e. The first kappa shape index (κ1) is 10.4. The van der Waals surface area contributed by atoms with E-state index in [-0.39, 0.29) is 5.41 Å². The third kappa shape index (κ3) is 1.63. The van der Waals surface area contributed by atoms with E-state index in [1.54, 1.807) is 0 Å². The number of hydrogen-bond acceptors (Lipinski definition) is 4. The highest BCUT2D eigenvalue weighted by atomic mass is 15.5. The van der Waals surface area contributed by atoms with Crippen LogP contribution in [0.25, 0.3) is 0 Å². The zero-order chi connectivity index (χ0) is 11.7. The Bertz CT molecular complexity index is 501. The highest BCUT2D eigenvalue weighted by Gasteiger charge is 2.50. The molecule has 0 amide bonds. The van der Waals surface area contributed by atoms with Crippen LogP contribution in [0.15, 0.2) is 30.3 Å². The second-order valence-corrected chi connectivity index (χ2v) is 4.46. The summed E-state index contributed by atoms with van der Waals surface area (Å²) in [5, 5.41) is 12.0. The third-order valence-electron chi connectivity index (χ3n) is 3.38. The van der Waals surface area contributed by atoms with Crippen LogP contribution in [0, 0.1) is 0 Å². The van der Waals surface area contributed by atoms with Gasteiger partial charge in [0.05, 0.1) is 12.0 Å². The average molecular weight is 229 g/mol. The van der Waals surface area contributed by atoms with Gasteiger partial charge in [0.25, 0.3) is 0 Å². The van der Waals surface area contributed by atoms with E-state index in [0.29, 0.717) is 13.1 Å². The Morgan fingerprint density at radius 1 is 1.24 bits per heavy atom. The van der Waals surface area contributed by atoms with Gasteiger partial charge < -0.3 is 5.73 Å². The first-order valence-electron chi connectivity index (χ1n) is 5.89. The van der Waals surface area contributed by atoms with Gasteiger partial charge in [-0.3, -0.25) is 0 Å². The summed E-state index contributed by atoms with van der Waals surface area (Å²) in [6, 6.07) is 10.4. The molecule has 0 bridgehead atoms. The van der Waals surface area contributed by atoms with Crippen LogP contribution in [0.3, 0.4) is 0 Å². The van der Waals surface area contributed by atoms with Crippen molar-refractivity contribution in [3.05, 3.63) is 41.7 Å². The summed E-state index contributed by atoms with van der Waals surface area (Å²) in [6.45, 7) is 1.24. The van der Waals surface area contributed by atoms with Gasteiger partial charge in [-0.05, 0) is 28.8 Å². The second kappa shape index (κ2) is 3.92. The first-order chi connectivity index (χ1) is 8.37. The van der Waals surface area contributed by atoms with Gasteiger partial charge in [-0.2, -0.15) is 0 Å². The van der Waals surface area contributed by atoms with Crippen molar-refractivity contribution in [1.82, 2.24) is 20.2 Å². The minimum absolute atomic E-state index is 0.0277. The number of rotatable bonds is 4. The Morgan fingerprint density at radius 2 is 2.00 bits per heavy atom. The molecule has 88 valence electrons. The zero-order valence-electron chi connectivity index (χ0n) is 9.58. The van der Waals surface area contributed by atoms with E-state index in [2.05, 4.69) is 39.8 Å². The Labute approximate surface area is 99.6 Å². The molecule has 5 nitrogen and oxygen atoms in total. The fourth-order valence-corrected chi connectivity index (χ4v) is 2.34. The summed E-state index contributed by atoms with van der Waals surface area (Å²) < 4.78 is 1.83. The van der Waals surface area contributed by atoms with E-state index < -0.39 is 0 Å². The van der Waals surface area contributed by atoms with Crippen molar-refractivity contribution >= 4 is 0 Å². The van der Waals surface area contributed by atoms with E-state index in [4.69, 9.17) is 5.73 Å². The second-order valence-electron chi connectivity index (χ2n) is 4.46. The number of aromatic nitrogens is 4. The van der Waals surface area contributed by atoms with Gasteiger partial charge in [-0.15, -0.1) is 5.10 Å². The lowest BCUT2D eigenvalue weighted by Gasteiger charge is -2.14. The van der Waals surface area contributed by atoms with Crippen molar-refractivity contribution in [2.24, 2.45) is 5.73 Å². The van der Waals surface area contributed by atoms with Crippen molar-refractivity contribution in [2.75, 3.05) is 6.54 Å². The lowest BCUT2D eigenvalue weighted by atomic mass is 9.95. The molecule has 2 aromatic rings. The maximum atomic E-state index is 5.57. The summed E-state index contributed by atoms with van der Waals surface area (Å²) >= 11 is 0. The average Bonchev–Trinajstić information content (AvgIpc) is 3.06. The van der Waals surface area contributed by atoms with E-state index in [1.807, 2.05) is 10.7 Å². The van der Waals surface area contributed by atoms with E-state index in [0.717, 1.165) is 18.7 Å². The monoisotopic (exact) mass is 229 g/mol. The standard InChI is InChI=1S/C12H15N5/c13-8-9-17-11(14-15-16-17)12(6-7-12)10-4-2-1-3-5-10/h1-5H,6-9,13H2. The van der Waals surface area contributed by atoms with Gasteiger partial charge >= 0.3 is 0 Å². The third-order valence-corrected chi connectivity index (χ3v) is 3.38. The molecule has 1 heterocycles. The largest absolute Gasteiger partial charge is 0.329 e. The smallest absolute Gasteiger partial charge is 0.161 e. The quantitative estimate of drug-likeness (QED) is 0.838. The van der Waals surface area contributed by atoms with Crippen LogP contribution in [0.5, 0.6) is 0 Å². The summed E-state index contributed by atoms with van der Waals surface area (Å²) in [6.07, 6.45) is 2.23. The minimum atomic E-state index is 0.0277. The molecular weight excluding hydrogens is 214 g/mol. The lowest BCUT2D eigenvalue weighted by Crippen LogP contribution is -2.20. The Hall–Kier alpha value is -1.75. The summed E-state index contributed by atoms with van der Waals surface area (Å²) in [5.41, 5.74) is 6.90. The Morgan fingerprint density at radius 3 is 2.65 bits per heavy atom. The number of tetrazole rings is 1. The van der Waals surface area contributed by atoms with Crippen molar-refractivity contribution in [3.63, 3.8) is 0 Å².